The van der Waals surface area contributed by atoms with Gasteiger partial charge in [-0.1, -0.05) is 11.6 Å². The van der Waals surface area contributed by atoms with Crippen LogP contribution in [-0.4, -0.2) is 28.0 Å². The van der Waals surface area contributed by atoms with Crippen LogP contribution in [0, 0.1) is 6.92 Å². The van der Waals surface area contributed by atoms with Gasteiger partial charge in [0.25, 0.3) is 0 Å². The van der Waals surface area contributed by atoms with Crippen molar-refractivity contribution < 1.29 is 0 Å². The van der Waals surface area contributed by atoms with Crippen LogP contribution < -0.4 is 10.2 Å². The van der Waals surface area contributed by atoms with Gasteiger partial charge in [0.05, 0.1) is 17.3 Å². The molecule has 3 heterocycles. The highest BCUT2D eigenvalue weighted by Gasteiger charge is 2.14. The van der Waals surface area contributed by atoms with Gasteiger partial charge in [0.2, 0.25) is 5.95 Å². The molecule has 1 saturated heterocycles. The number of aryl methyl sites for hydroxylation is 1. The van der Waals surface area contributed by atoms with Crippen LogP contribution in [0.15, 0.2) is 24.4 Å². The third kappa shape index (κ3) is 3.85. The minimum absolute atomic E-state index is 0.624. The van der Waals surface area contributed by atoms with Crippen molar-refractivity contribution in [2.24, 2.45) is 0 Å². The summed E-state index contributed by atoms with van der Waals surface area (Å²) in [5, 5.41) is 3.90. The Kier molecular flexibility index (Phi) is 4.73. The van der Waals surface area contributed by atoms with Crippen LogP contribution in [0.2, 0.25) is 5.02 Å². The van der Waals surface area contributed by atoms with E-state index in [2.05, 4.69) is 25.2 Å². The zero-order valence-corrected chi connectivity index (χ0v) is 13.5. The summed E-state index contributed by atoms with van der Waals surface area (Å²) < 4.78 is 0. The molecule has 22 heavy (non-hydrogen) atoms. The minimum Gasteiger partial charge on any atom is -0.364 e. The molecule has 0 aliphatic carbocycles. The summed E-state index contributed by atoms with van der Waals surface area (Å²) in [4.78, 5) is 15.8. The van der Waals surface area contributed by atoms with Crippen molar-refractivity contribution in [3.63, 3.8) is 0 Å². The SMILES string of the molecule is Cc1cc(CNc2ccc(Cl)cn2)nc(N2CCCCC2)n1. The first kappa shape index (κ1) is 15.0. The molecule has 0 spiro atoms. The van der Waals surface area contributed by atoms with Crippen LogP contribution in [0.1, 0.15) is 30.7 Å². The third-order valence-corrected chi connectivity index (χ3v) is 3.94. The number of aromatic nitrogens is 3. The second-order valence-electron chi connectivity index (χ2n) is 5.56. The molecule has 0 saturated carbocycles. The summed E-state index contributed by atoms with van der Waals surface area (Å²) in [7, 11) is 0. The average molecular weight is 318 g/mol. The first-order valence-corrected chi connectivity index (χ1v) is 8.03. The molecule has 3 rings (SSSR count). The molecule has 5 nitrogen and oxygen atoms in total. The Morgan fingerprint density at radius 1 is 1.18 bits per heavy atom. The molecular formula is C16H20ClN5. The fraction of sp³-hybridized carbons (Fsp3) is 0.438. The van der Waals surface area contributed by atoms with E-state index in [1.165, 1.54) is 19.3 Å². The molecule has 1 aliphatic heterocycles. The summed E-state index contributed by atoms with van der Waals surface area (Å²) >= 11 is 5.84. The van der Waals surface area contributed by atoms with E-state index in [4.69, 9.17) is 11.6 Å². The molecule has 0 aromatic carbocycles. The van der Waals surface area contributed by atoms with Crippen molar-refractivity contribution >= 4 is 23.4 Å². The first-order valence-electron chi connectivity index (χ1n) is 7.66. The van der Waals surface area contributed by atoms with Crippen molar-refractivity contribution in [2.75, 3.05) is 23.3 Å². The lowest BCUT2D eigenvalue weighted by atomic mass is 10.1. The van der Waals surface area contributed by atoms with Crippen LogP contribution in [0.25, 0.3) is 0 Å². The number of hydrogen-bond acceptors (Lipinski definition) is 5. The maximum atomic E-state index is 5.84. The van der Waals surface area contributed by atoms with Crippen molar-refractivity contribution in [1.82, 2.24) is 15.0 Å². The lowest BCUT2D eigenvalue weighted by Crippen LogP contribution is -2.31. The zero-order chi connectivity index (χ0) is 15.4. The summed E-state index contributed by atoms with van der Waals surface area (Å²) in [5.74, 6) is 1.64. The highest BCUT2D eigenvalue weighted by molar-refractivity contribution is 6.30. The van der Waals surface area contributed by atoms with Gasteiger partial charge in [0, 0.05) is 25.0 Å². The summed E-state index contributed by atoms with van der Waals surface area (Å²) in [6.07, 6.45) is 5.38. The Morgan fingerprint density at radius 3 is 2.73 bits per heavy atom. The molecule has 0 radical (unpaired) electrons. The van der Waals surface area contributed by atoms with E-state index in [0.29, 0.717) is 11.6 Å². The number of anilines is 2. The van der Waals surface area contributed by atoms with Gasteiger partial charge in [0.1, 0.15) is 5.82 Å². The maximum Gasteiger partial charge on any atom is 0.225 e. The quantitative estimate of drug-likeness (QED) is 0.936. The molecule has 1 fully saturated rings. The number of nitrogens with zero attached hydrogens (tertiary/aromatic N) is 4. The molecule has 0 atom stereocenters. The topological polar surface area (TPSA) is 53.9 Å². The molecule has 0 unspecified atom stereocenters. The van der Waals surface area contributed by atoms with E-state index in [9.17, 15) is 0 Å². The second kappa shape index (κ2) is 6.92. The van der Waals surface area contributed by atoms with E-state index in [-0.39, 0.29) is 0 Å². The minimum atomic E-state index is 0.624. The molecule has 1 aliphatic rings. The van der Waals surface area contributed by atoms with Crippen LogP contribution in [0.3, 0.4) is 0 Å². The third-order valence-electron chi connectivity index (χ3n) is 3.71. The highest BCUT2D eigenvalue weighted by atomic mass is 35.5. The van der Waals surface area contributed by atoms with Gasteiger partial charge in [0.15, 0.2) is 0 Å². The zero-order valence-electron chi connectivity index (χ0n) is 12.7. The number of nitrogens with one attached hydrogen (secondary N) is 1. The van der Waals surface area contributed by atoms with E-state index in [0.717, 1.165) is 36.2 Å². The number of pyridine rings is 1. The summed E-state index contributed by atoms with van der Waals surface area (Å²) in [6.45, 7) is 4.74. The van der Waals surface area contributed by atoms with Crippen LogP contribution in [-0.2, 0) is 6.54 Å². The lowest BCUT2D eigenvalue weighted by molar-refractivity contribution is 0.567. The van der Waals surface area contributed by atoms with Gasteiger partial charge in [-0.3, -0.25) is 0 Å². The van der Waals surface area contributed by atoms with Gasteiger partial charge in [-0.05, 0) is 44.4 Å². The first-order chi connectivity index (χ1) is 10.7. The van der Waals surface area contributed by atoms with Crippen molar-refractivity contribution in [3.8, 4) is 0 Å². The molecule has 1 N–H and O–H groups in total. The molecule has 0 amide bonds. The molecule has 0 bridgehead atoms. The van der Waals surface area contributed by atoms with Crippen LogP contribution in [0.4, 0.5) is 11.8 Å². The highest BCUT2D eigenvalue weighted by Crippen LogP contribution is 2.17. The molecule has 116 valence electrons. The Labute approximate surface area is 135 Å². The van der Waals surface area contributed by atoms with Gasteiger partial charge >= 0.3 is 0 Å². The number of rotatable bonds is 4. The number of halogens is 1. The Balaban J connectivity index is 1.70. The van der Waals surface area contributed by atoms with Crippen molar-refractivity contribution in [3.05, 3.63) is 40.8 Å². The largest absolute Gasteiger partial charge is 0.364 e. The maximum absolute atomic E-state index is 5.84. The lowest BCUT2D eigenvalue weighted by Gasteiger charge is -2.27. The fourth-order valence-corrected chi connectivity index (χ4v) is 2.72. The summed E-state index contributed by atoms with van der Waals surface area (Å²) in [6, 6.07) is 5.69. The van der Waals surface area contributed by atoms with E-state index in [1.54, 1.807) is 6.20 Å². The number of piperidine rings is 1. The van der Waals surface area contributed by atoms with Crippen LogP contribution in [0.5, 0.6) is 0 Å². The fourth-order valence-electron chi connectivity index (χ4n) is 2.60. The smallest absolute Gasteiger partial charge is 0.225 e. The van der Waals surface area contributed by atoms with Gasteiger partial charge in [-0.15, -0.1) is 0 Å². The molecule has 2 aromatic heterocycles. The van der Waals surface area contributed by atoms with Gasteiger partial charge in [-0.2, -0.15) is 0 Å². The van der Waals surface area contributed by atoms with E-state index >= 15 is 0 Å². The predicted octanol–water partition coefficient (Wildman–Crippen LogP) is 3.44. The Morgan fingerprint density at radius 2 is 2.00 bits per heavy atom. The molecule has 6 heteroatoms. The monoisotopic (exact) mass is 317 g/mol. The Hall–Kier alpha value is -1.88. The van der Waals surface area contributed by atoms with Gasteiger partial charge < -0.3 is 10.2 Å². The average Bonchev–Trinajstić information content (AvgIpc) is 2.55. The van der Waals surface area contributed by atoms with E-state index < -0.39 is 0 Å². The predicted molar refractivity (Wildman–Crippen MR) is 89.4 cm³/mol. The van der Waals surface area contributed by atoms with Gasteiger partial charge in [-0.25, -0.2) is 15.0 Å². The molecule has 2 aromatic rings. The standard InChI is InChI=1S/C16H20ClN5/c1-12-9-14(11-19-15-6-5-13(17)10-18-15)21-16(20-12)22-7-3-2-4-8-22/h5-6,9-10H,2-4,7-8,11H2,1H3,(H,18,19). The molecular weight excluding hydrogens is 298 g/mol. The summed E-state index contributed by atoms with van der Waals surface area (Å²) in [5.41, 5.74) is 1.97. The normalized spacial score (nSPS) is 14.9. The van der Waals surface area contributed by atoms with E-state index in [1.807, 2.05) is 25.1 Å². The van der Waals surface area contributed by atoms with Crippen molar-refractivity contribution in [2.45, 2.75) is 32.7 Å². The Bertz CT molecular complexity index is 623. The van der Waals surface area contributed by atoms with Crippen molar-refractivity contribution in [1.29, 1.82) is 0 Å². The second-order valence-corrected chi connectivity index (χ2v) is 6.00. The number of hydrogen-bond donors (Lipinski definition) is 1. The van der Waals surface area contributed by atoms with Crippen LogP contribution >= 0.6 is 11.6 Å².